The summed E-state index contributed by atoms with van der Waals surface area (Å²) in [5, 5.41) is 0.669. The van der Waals surface area contributed by atoms with Gasteiger partial charge in [0.15, 0.2) is 5.78 Å². The second-order valence-electron chi connectivity index (χ2n) is 7.94. The van der Waals surface area contributed by atoms with Gasteiger partial charge in [-0.1, -0.05) is 36.7 Å². The third-order valence-electron chi connectivity index (χ3n) is 5.79. The van der Waals surface area contributed by atoms with Crippen molar-refractivity contribution in [2.24, 2.45) is 0 Å². The lowest BCUT2D eigenvalue weighted by Crippen LogP contribution is -2.46. The predicted molar refractivity (Wildman–Crippen MR) is 131 cm³/mol. The van der Waals surface area contributed by atoms with Gasteiger partial charge in [-0.3, -0.25) is 4.79 Å². The van der Waals surface area contributed by atoms with Crippen LogP contribution in [-0.2, 0) is 0 Å². The highest BCUT2D eigenvalue weighted by Gasteiger charge is 2.15. The molecule has 5 nitrogen and oxygen atoms in total. The number of unbranched alkanes of at least 4 members (excludes halogenated alkanes) is 1. The molecule has 0 bridgehead atoms. The first-order valence-corrected chi connectivity index (χ1v) is 11.7. The second-order valence-corrected chi connectivity index (χ2v) is 8.38. The molecule has 1 aliphatic rings. The smallest absolute Gasteiger partial charge is 0.189 e. The number of likely N-dealkylation sites (N-methyl/N-ethyl adjacent to an activating group) is 1. The van der Waals surface area contributed by atoms with Crippen LogP contribution in [0.1, 0.15) is 35.7 Å². The topological polar surface area (TPSA) is 42.0 Å². The lowest BCUT2D eigenvalue weighted by molar-refractivity contribution is 0.104. The van der Waals surface area contributed by atoms with Crippen molar-refractivity contribution in [3.8, 4) is 11.5 Å². The lowest BCUT2D eigenvalue weighted by Gasteiger charge is -2.33. The third kappa shape index (κ3) is 7.37. The number of rotatable bonds is 11. The quantitative estimate of drug-likeness (QED) is 0.269. The molecule has 0 spiro atoms. The summed E-state index contributed by atoms with van der Waals surface area (Å²) in [6.07, 6.45) is 5.37. The molecule has 0 unspecified atom stereocenters. The summed E-state index contributed by atoms with van der Waals surface area (Å²) >= 11 is 5.92. The van der Waals surface area contributed by atoms with Crippen molar-refractivity contribution in [3.63, 3.8) is 0 Å². The summed E-state index contributed by atoms with van der Waals surface area (Å²) in [5.41, 5.74) is 1.45. The van der Waals surface area contributed by atoms with Gasteiger partial charge in [0.25, 0.3) is 0 Å². The lowest BCUT2D eigenvalue weighted by atomic mass is 10.1. The van der Waals surface area contributed by atoms with E-state index < -0.39 is 0 Å². The molecule has 3 rings (SSSR count). The van der Waals surface area contributed by atoms with Crippen molar-refractivity contribution in [1.29, 1.82) is 0 Å². The van der Waals surface area contributed by atoms with Gasteiger partial charge in [-0.15, -0.1) is 0 Å². The molecule has 0 atom stereocenters. The van der Waals surface area contributed by atoms with Gasteiger partial charge in [-0.25, -0.2) is 0 Å². The van der Waals surface area contributed by atoms with E-state index in [0.29, 0.717) is 28.7 Å². The minimum Gasteiger partial charge on any atom is -0.497 e. The largest absolute Gasteiger partial charge is 0.497 e. The fourth-order valence-corrected chi connectivity index (χ4v) is 3.86. The molecule has 0 aliphatic carbocycles. The van der Waals surface area contributed by atoms with Crippen molar-refractivity contribution in [3.05, 3.63) is 64.7 Å². The van der Waals surface area contributed by atoms with Crippen molar-refractivity contribution >= 4 is 23.5 Å². The van der Waals surface area contributed by atoms with Crippen LogP contribution in [0.5, 0.6) is 11.5 Å². The second kappa shape index (κ2) is 12.6. The van der Waals surface area contributed by atoms with Crippen LogP contribution in [-0.4, -0.2) is 68.6 Å². The van der Waals surface area contributed by atoms with Gasteiger partial charge in [0, 0.05) is 37.3 Å². The number of hydrogen-bond acceptors (Lipinski definition) is 5. The average Bonchev–Trinajstić information content (AvgIpc) is 2.83. The van der Waals surface area contributed by atoms with Gasteiger partial charge >= 0.3 is 0 Å². The Labute approximate surface area is 196 Å². The Morgan fingerprint density at radius 3 is 2.44 bits per heavy atom. The molecule has 1 heterocycles. The average molecular weight is 457 g/mol. The molecule has 0 radical (unpaired) electrons. The maximum atomic E-state index is 12.8. The van der Waals surface area contributed by atoms with E-state index >= 15 is 0 Å². The maximum absolute atomic E-state index is 12.8. The molecule has 0 N–H and O–H groups in total. The van der Waals surface area contributed by atoms with E-state index in [2.05, 4.69) is 16.7 Å². The number of hydrogen-bond donors (Lipinski definition) is 0. The highest BCUT2D eigenvalue weighted by molar-refractivity contribution is 6.30. The van der Waals surface area contributed by atoms with Crippen molar-refractivity contribution in [1.82, 2.24) is 9.80 Å². The van der Waals surface area contributed by atoms with Crippen LogP contribution in [0.2, 0.25) is 5.02 Å². The van der Waals surface area contributed by atoms with Gasteiger partial charge in [-0.2, -0.15) is 0 Å². The number of piperazine rings is 1. The van der Waals surface area contributed by atoms with Crippen molar-refractivity contribution < 1.29 is 14.3 Å². The molecule has 0 aromatic heterocycles. The first-order chi connectivity index (χ1) is 15.6. The van der Waals surface area contributed by atoms with E-state index in [1.54, 1.807) is 49.6 Å². The Hall–Kier alpha value is -2.34. The molecule has 6 heteroatoms. The summed E-state index contributed by atoms with van der Waals surface area (Å²) in [6.45, 7) is 9.62. The van der Waals surface area contributed by atoms with E-state index in [-0.39, 0.29) is 5.78 Å². The van der Waals surface area contributed by atoms with Gasteiger partial charge in [-0.05, 0) is 61.8 Å². The number of ether oxygens (including phenoxy) is 2. The first kappa shape index (κ1) is 24.3. The Morgan fingerprint density at radius 1 is 1.03 bits per heavy atom. The van der Waals surface area contributed by atoms with Crippen LogP contribution in [0.3, 0.4) is 0 Å². The van der Waals surface area contributed by atoms with E-state index in [9.17, 15) is 4.79 Å². The zero-order chi connectivity index (χ0) is 22.8. The molecule has 1 aliphatic heterocycles. The van der Waals surface area contributed by atoms with Gasteiger partial charge in [0.05, 0.1) is 19.3 Å². The summed E-state index contributed by atoms with van der Waals surface area (Å²) in [4.78, 5) is 17.8. The summed E-state index contributed by atoms with van der Waals surface area (Å²) < 4.78 is 11.3. The normalized spacial score (nSPS) is 15.2. The van der Waals surface area contributed by atoms with Gasteiger partial charge in [0.2, 0.25) is 0 Å². The number of allylic oxidation sites excluding steroid dienone is 1. The molecule has 2 aromatic carbocycles. The first-order valence-electron chi connectivity index (χ1n) is 11.3. The van der Waals surface area contributed by atoms with Crippen LogP contribution in [0, 0.1) is 0 Å². The van der Waals surface area contributed by atoms with Crippen LogP contribution in [0.15, 0.2) is 48.5 Å². The minimum absolute atomic E-state index is 0.105. The minimum atomic E-state index is -0.105. The highest BCUT2D eigenvalue weighted by atomic mass is 35.5. The Morgan fingerprint density at radius 2 is 1.75 bits per heavy atom. The molecule has 0 amide bonds. The van der Waals surface area contributed by atoms with Crippen LogP contribution in [0.4, 0.5) is 0 Å². The number of halogens is 1. The molecule has 2 aromatic rings. The van der Waals surface area contributed by atoms with Crippen LogP contribution >= 0.6 is 11.6 Å². The van der Waals surface area contributed by atoms with Gasteiger partial charge < -0.3 is 19.3 Å². The highest BCUT2D eigenvalue weighted by Crippen LogP contribution is 2.26. The molecular weight excluding hydrogens is 424 g/mol. The van der Waals surface area contributed by atoms with E-state index in [4.69, 9.17) is 21.1 Å². The van der Waals surface area contributed by atoms with E-state index in [1.807, 2.05) is 12.1 Å². The SMILES string of the molecule is CCN1CCN(CCCCOc2cc(OC)ccc2C(=O)C=Cc2ccc(Cl)cc2)CC1. The molecule has 1 fully saturated rings. The summed E-state index contributed by atoms with van der Waals surface area (Å²) in [6, 6.07) is 12.7. The number of carbonyl (C=O) groups is 1. The number of nitrogens with zero attached hydrogens (tertiary/aromatic N) is 2. The van der Waals surface area contributed by atoms with E-state index in [1.165, 1.54) is 0 Å². The number of methoxy groups -OCH3 is 1. The Bertz CT molecular complexity index is 890. The third-order valence-corrected chi connectivity index (χ3v) is 6.04. The standard InChI is InChI=1S/C26H33ClN2O3/c1-3-28-15-17-29(18-16-28)14-4-5-19-32-26-20-23(31-2)11-12-24(26)25(30)13-8-21-6-9-22(27)10-7-21/h6-13,20H,3-5,14-19H2,1-2H3. The van der Waals surface area contributed by atoms with Crippen molar-refractivity contribution in [2.45, 2.75) is 19.8 Å². The fourth-order valence-electron chi connectivity index (χ4n) is 3.74. The Kier molecular flexibility index (Phi) is 9.60. The maximum Gasteiger partial charge on any atom is 0.189 e. The van der Waals surface area contributed by atoms with Crippen LogP contribution in [0.25, 0.3) is 6.08 Å². The predicted octanol–water partition coefficient (Wildman–Crippen LogP) is 5.04. The summed E-state index contributed by atoms with van der Waals surface area (Å²) in [7, 11) is 1.61. The van der Waals surface area contributed by atoms with Crippen molar-refractivity contribution in [2.75, 3.05) is 53.0 Å². The molecule has 172 valence electrons. The number of carbonyl (C=O) groups excluding carboxylic acids is 1. The Balaban J connectivity index is 1.52. The molecule has 1 saturated heterocycles. The van der Waals surface area contributed by atoms with Gasteiger partial charge in [0.1, 0.15) is 11.5 Å². The summed E-state index contributed by atoms with van der Waals surface area (Å²) in [5.74, 6) is 1.13. The molecule has 32 heavy (non-hydrogen) atoms. The number of ketones is 1. The zero-order valence-corrected chi connectivity index (χ0v) is 19.8. The van der Waals surface area contributed by atoms with E-state index in [0.717, 1.165) is 57.7 Å². The number of benzene rings is 2. The molecule has 0 saturated carbocycles. The zero-order valence-electron chi connectivity index (χ0n) is 19.1. The fraction of sp³-hybridized carbons (Fsp3) is 0.423. The molecular formula is C26H33ClN2O3. The monoisotopic (exact) mass is 456 g/mol. The van der Waals surface area contributed by atoms with Crippen LogP contribution < -0.4 is 9.47 Å².